The lowest BCUT2D eigenvalue weighted by Gasteiger charge is -2.33. The third-order valence-corrected chi connectivity index (χ3v) is 6.03. The van der Waals surface area contributed by atoms with E-state index in [4.69, 9.17) is 4.74 Å². The van der Waals surface area contributed by atoms with Crippen molar-refractivity contribution in [1.82, 2.24) is 4.90 Å². The molecule has 2 rings (SSSR count). The molecule has 0 saturated carbocycles. The number of fused-ring (bicyclic) bond motifs is 1. The van der Waals surface area contributed by atoms with Gasteiger partial charge in [-0.3, -0.25) is 4.79 Å². The average molecular weight is 459 g/mol. The van der Waals surface area contributed by atoms with E-state index in [1.807, 2.05) is 18.7 Å². The predicted octanol–water partition coefficient (Wildman–Crippen LogP) is 3.05. The van der Waals surface area contributed by atoms with Crippen LogP contribution in [0.25, 0.3) is 0 Å². The van der Waals surface area contributed by atoms with Crippen LogP contribution in [0.3, 0.4) is 0 Å². The first-order valence-electron chi connectivity index (χ1n) is 8.61. The van der Waals surface area contributed by atoms with Gasteiger partial charge in [-0.1, -0.05) is 13.8 Å². The highest BCUT2D eigenvalue weighted by molar-refractivity contribution is 14.1. The summed E-state index contributed by atoms with van der Waals surface area (Å²) in [6.07, 6.45) is -1.01. The highest BCUT2D eigenvalue weighted by Crippen LogP contribution is 2.36. The van der Waals surface area contributed by atoms with Crippen molar-refractivity contribution in [3.63, 3.8) is 0 Å². The second-order valence-electron chi connectivity index (χ2n) is 6.93. The number of benzene rings is 1. The summed E-state index contributed by atoms with van der Waals surface area (Å²) in [6, 6.07) is 0. The normalized spacial score (nSPS) is 15.4. The van der Waals surface area contributed by atoms with Gasteiger partial charge in [0.25, 0.3) is 0 Å². The van der Waals surface area contributed by atoms with Gasteiger partial charge in [0.1, 0.15) is 0 Å². The molecule has 0 spiro atoms. The number of ether oxygens (including phenoxy) is 1. The molecule has 0 saturated heterocycles. The summed E-state index contributed by atoms with van der Waals surface area (Å²) < 4.78 is 5.84. The highest BCUT2D eigenvalue weighted by atomic mass is 127. The fourth-order valence-electron chi connectivity index (χ4n) is 3.38. The van der Waals surface area contributed by atoms with Gasteiger partial charge in [-0.2, -0.15) is 0 Å². The van der Waals surface area contributed by atoms with E-state index in [2.05, 4.69) is 36.4 Å². The minimum absolute atomic E-state index is 0.0986. The molecule has 1 aromatic carbocycles. The van der Waals surface area contributed by atoms with Crippen LogP contribution in [0.15, 0.2) is 0 Å². The number of amides is 1. The third kappa shape index (κ3) is 4.00. The molecular formula is C19H26INO4. The topological polar surface area (TPSA) is 66.8 Å². The number of carbonyl (C=O) groups is 2. The van der Waals surface area contributed by atoms with E-state index in [9.17, 15) is 14.7 Å². The fraction of sp³-hybridized carbons (Fsp3) is 0.579. The summed E-state index contributed by atoms with van der Waals surface area (Å²) in [5.41, 5.74) is 4.51. The first kappa shape index (κ1) is 20.2. The van der Waals surface area contributed by atoms with Crippen molar-refractivity contribution in [1.29, 1.82) is 0 Å². The second-order valence-corrected chi connectivity index (χ2v) is 8.01. The van der Waals surface area contributed by atoms with Crippen LogP contribution < -0.4 is 0 Å². The Morgan fingerprint density at radius 1 is 1.28 bits per heavy atom. The summed E-state index contributed by atoms with van der Waals surface area (Å²) in [5, 5.41) is 10.5. The highest BCUT2D eigenvalue weighted by Gasteiger charge is 2.32. The Kier molecular flexibility index (Phi) is 6.48. The molecule has 1 aliphatic rings. The van der Waals surface area contributed by atoms with Crippen molar-refractivity contribution < 1.29 is 19.4 Å². The molecule has 0 unspecified atom stereocenters. The Balaban J connectivity index is 2.50. The van der Waals surface area contributed by atoms with Crippen molar-refractivity contribution in [2.24, 2.45) is 5.92 Å². The van der Waals surface area contributed by atoms with E-state index >= 15 is 0 Å². The van der Waals surface area contributed by atoms with Crippen LogP contribution in [-0.2, 0) is 27.3 Å². The number of halogens is 1. The molecule has 138 valence electrons. The summed E-state index contributed by atoms with van der Waals surface area (Å²) >= 11 is 2.18. The molecule has 0 fully saturated rings. The van der Waals surface area contributed by atoms with Crippen LogP contribution in [0.2, 0.25) is 0 Å². The van der Waals surface area contributed by atoms with Crippen LogP contribution in [0, 0.1) is 23.3 Å². The predicted molar refractivity (Wildman–Crippen MR) is 104 cm³/mol. The van der Waals surface area contributed by atoms with Crippen molar-refractivity contribution in [3.8, 4) is 0 Å². The molecule has 6 heteroatoms. The zero-order valence-electron chi connectivity index (χ0n) is 15.5. The van der Waals surface area contributed by atoms with E-state index in [0.29, 0.717) is 24.4 Å². The monoisotopic (exact) mass is 459 g/mol. The Morgan fingerprint density at radius 3 is 2.48 bits per heavy atom. The van der Waals surface area contributed by atoms with Gasteiger partial charge in [0, 0.05) is 22.2 Å². The van der Waals surface area contributed by atoms with Crippen LogP contribution in [0.4, 0.5) is 0 Å². The van der Waals surface area contributed by atoms with Crippen molar-refractivity contribution in [3.05, 3.63) is 31.4 Å². The van der Waals surface area contributed by atoms with Gasteiger partial charge in [-0.15, -0.1) is 0 Å². The Hall–Kier alpha value is -1.15. The van der Waals surface area contributed by atoms with Gasteiger partial charge in [-0.05, 0) is 71.5 Å². The zero-order valence-corrected chi connectivity index (χ0v) is 17.6. The zero-order chi connectivity index (χ0) is 18.9. The molecule has 0 aromatic heterocycles. The van der Waals surface area contributed by atoms with Gasteiger partial charge < -0.3 is 14.7 Å². The first-order chi connectivity index (χ1) is 11.7. The quantitative estimate of drug-likeness (QED) is 0.543. The first-order valence-corrected chi connectivity index (χ1v) is 9.69. The Morgan fingerprint density at radius 2 is 1.92 bits per heavy atom. The van der Waals surface area contributed by atoms with Gasteiger partial charge in [-0.25, -0.2) is 4.79 Å². The second kappa shape index (κ2) is 8.03. The van der Waals surface area contributed by atoms with Gasteiger partial charge in [0.2, 0.25) is 5.91 Å². The molecule has 1 atom stereocenters. The van der Waals surface area contributed by atoms with E-state index < -0.39 is 12.1 Å². The van der Waals surface area contributed by atoms with Gasteiger partial charge in [0.15, 0.2) is 6.10 Å². The summed E-state index contributed by atoms with van der Waals surface area (Å²) in [6.45, 7) is 11.3. The summed E-state index contributed by atoms with van der Waals surface area (Å²) in [4.78, 5) is 26.4. The molecule has 0 bridgehead atoms. The average Bonchev–Trinajstić information content (AvgIpc) is 2.54. The number of aliphatic hydroxyl groups is 1. The molecular weight excluding hydrogens is 433 g/mol. The number of carbonyl (C=O) groups excluding carboxylic acids is 2. The number of aliphatic hydroxyl groups excluding tert-OH is 1. The number of hydrogen-bond acceptors (Lipinski definition) is 4. The lowest BCUT2D eigenvalue weighted by atomic mass is 9.86. The number of esters is 1. The maximum absolute atomic E-state index is 12.5. The van der Waals surface area contributed by atoms with Gasteiger partial charge in [0.05, 0.1) is 13.0 Å². The van der Waals surface area contributed by atoms with Crippen LogP contribution in [-0.4, -0.2) is 35.0 Å². The molecule has 1 N–H and O–H groups in total. The molecule has 0 aliphatic carbocycles. The summed E-state index contributed by atoms with van der Waals surface area (Å²) in [5.74, 6) is -0.135. The van der Waals surface area contributed by atoms with Crippen LogP contribution in [0.5, 0.6) is 0 Å². The number of nitrogens with zero attached hydrogens (tertiary/aromatic N) is 1. The van der Waals surface area contributed by atoms with E-state index in [0.717, 1.165) is 32.4 Å². The van der Waals surface area contributed by atoms with Crippen LogP contribution in [0.1, 0.15) is 54.7 Å². The van der Waals surface area contributed by atoms with Crippen molar-refractivity contribution in [2.75, 3.05) is 13.2 Å². The lowest BCUT2D eigenvalue weighted by molar-refractivity contribution is -0.153. The Bertz CT molecular complexity index is 699. The molecule has 5 nitrogen and oxygen atoms in total. The number of hydrogen-bond donors (Lipinski definition) is 1. The lowest BCUT2D eigenvalue weighted by Crippen LogP contribution is -2.39. The minimum Gasteiger partial charge on any atom is -0.464 e. The molecule has 25 heavy (non-hydrogen) atoms. The third-order valence-electron chi connectivity index (χ3n) is 4.64. The largest absolute Gasteiger partial charge is 0.464 e. The molecule has 0 radical (unpaired) electrons. The molecule has 1 aliphatic heterocycles. The SMILES string of the molecule is CCOC(=O)[C@@H](O)c1c(C)c2c(c(C)c1I)CN(CC(C)C)C(=O)C2. The smallest absolute Gasteiger partial charge is 0.339 e. The fourth-order valence-corrected chi connectivity index (χ4v) is 4.41. The van der Waals surface area contributed by atoms with Crippen molar-refractivity contribution >= 4 is 34.5 Å². The maximum Gasteiger partial charge on any atom is 0.339 e. The minimum atomic E-state index is -1.32. The van der Waals surface area contributed by atoms with Crippen molar-refractivity contribution in [2.45, 2.75) is 53.7 Å². The molecule has 1 aromatic rings. The maximum atomic E-state index is 12.5. The van der Waals surface area contributed by atoms with Crippen LogP contribution >= 0.6 is 22.6 Å². The van der Waals surface area contributed by atoms with E-state index in [1.54, 1.807) is 6.92 Å². The van der Waals surface area contributed by atoms with E-state index in [1.165, 1.54) is 0 Å². The summed E-state index contributed by atoms with van der Waals surface area (Å²) in [7, 11) is 0. The van der Waals surface area contributed by atoms with Gasteiger partial charge >= 0.3 is 5.97 Å². The molecule has 1 heterocycles. The standard InChI is InChI=1S/C19H26INO4/c1-6-25-19(24)18(23)16-11(4)13-7-15(22)21(8-10(2)3)9-14(13)12(5)17(16)20/h10,18,23H,6-9H2,1-5H3/t18-/m0/s1. The van der Waals surface area contributed by atoms with E-state index in [-0.39, 0.29) is 12.5 Å². The Labute approximate surface area is 162 Å². The number of rotatable bonds is 5. The molecule has 1 amide bonds.